The third-order valence-electron chi connectivity index (χ3n) is 4.26. The number of fused-ring (bicyclic) bond motifs is 1. The predicted molar refractivity (Wildman–Crippen MR) is 98.1 cm³/mol. The number of pyridine rings is 1. The third kappa shape index (κ3) is 3.39. The van der Waals surface area contributed by atoms with Gasteiger partial charge in [0.15, 0.2) is 5.65 Å². The summed E-state index contributed by atoms with van der Waals surface area (Å²) in [5.74, 6) is 1.43. The van der Waals surface area contributed by atoms with E-state index in [0.717, 1.165) is 0 Å². The lowest BCUT2D eigenvalue weighted by Crippen LogP contribution is -2.42. The number of ether oxygens (including phenoxy) is 1. The van der Waals surface area contributed by atoms with Gasteiger partial charge in [-0.2, -0.15) is 9.61 Å². The van der Waals surface area contributed by atoms with E-state index in [0.29, 0.717) is 28.7 Å². The Morgan fingerprint density at radius 3 is 2.93 bits per heavy atom. The largest absolute Gasteiger partial charge is 0.388 e. The SMILES string of the molecule is CNc1cc(Nc2ccccn2)nc2c(C(=O)NC3COCC3O)cnn12. The van der Waals surface area contributed by atoms with Crippen LogP contribution in [-0.2, 0) is 4.74 Å². The Kier molecular flexibility index (Phi) is 4.57. The number of nitrogens with zero attached hydrogens (tertiary/aromatic N) is 4. The molecule has 27 heavy (non-hydrogen) atoms. The fraction of sp³-hybridized carbons (Fsp3) is 0.294. The second-order valence-corrected chi connectivity index (χ2v) is 6.10. The molecule has 140 valence electrons. The minimum Gasteiger partial charge on any atom is -0.388 e. The van der Waals surface area contributed by atoms with Crippen molar-refractivity contribution in [2.24, 2.45) is 0 Å². The fourth-order valence-corrected chi connectivity index (χ4v) is 2.86. The molecule has 0 radical (unpaired) electrons. The molecule has 10 nitrogen and oxygen atoms in total. The van der Waals surface area contributed by atoms with Gasteiger partial charge in [0.1, 0.15) is 23.0 Å². The molecule has 10 heteroatoms. The molecule has 0 bridgehead atoms. The first-order valence-corrected chi connectivity index (χ1v) is 8.47. The molecule has 0 aromatic carbocycles. The van der Waals surface area contributed by atoms with Crippen LogP contribution in [0.4, 0.5) is 17.5 Å². The summed E-state index contributed by atoms with van der Waals surface area (Å²) in [7, 11) is 1.76. The van der Waals surface area contributed by atoms with E-state index in [1.165, 1.54) is 6.20 Å². The van der Waals surface area contributed by atoms with Gasteiger partial charge in [-0.1, -0.05) is 6.07 Å². The molecule has 1 saturated heterocycles. The minimum absolute atomic E-state index is 0.208. The quantitative estimate of drug-likeness (QED) is 0.509. The first-order chi connectivity index (χ1) is 13.2. The van der Waals surface area contributed by atoms with Gasteiger partial charge in [0, 0.05) is 19.3 Å². The maximum absolute atomic E-state index is 12.7. The van der Waals surface area contributed by atoms with Crippen LogP contribution in [0, 0.1) is 0 Å². The standard InChI is InChI=1S/C17H19N7O3/c1-18-15-6-14(22-13-4-2-3-5-19-13)23-16-10(7-20-24(15)16)17(26)21-11-8-27-9-12(11)25/h2-7,11-12,18,25H,8-9H2,1H3,(H,21,26)(H,19,22,23). The molecule has 3 aromatic rings. The van der Waals surface area contributed by atoms with E-state index in [2.05, 4.69) is 31.0 Å². The maximum Gasteiger partial charge on any atom is 0.257 e. The van der Waals surface area contributed by atoms with E-state index >= 15 is 0 Å². The average molecular weight is 369 g/mol. The zero-order valence-corrected chi connectivity index (χ0v) is 14.6. The van der Waals surface area contributed by atoms with Gasteiger partial charge in [0.2, 0.25) is 0 Å². The summed E-state index contributed by atoms with van der Waals surface area (Å²) in [4.78, 5) is 21.4. The second-order valence-electron chi connectivity index (χ2n) is 6.10. The van der Waals surface area contributed by atoms with Crippen LogP contribution in [0.15, 0.2) is 36.7 Å². The molecular formula is C17H19N7O3. The molecule has 4 heterocycles. The first-order valence-electron chi connectivity index (χ1n) is 8.47. The average Bonchev–Trinajstić information content (AvgIpc) is 3.28. The van der Waals surface area contributed by atoms with Gasteiger partial charge in [-0.05, 0) is 12.1 Å². The van der Waals surface area contributed by atoms with E-state index in [1.807, 2.05) is 18.2 Å². The normalized spacial score (nSPS) is 19.2. The van der Waals surface area contributed by atoms with Gasteiger partial charge in [-0.3, -0.25) is 4.79 Å². The number of aliphatic hydroxyl groups is 1. The highest BCUT2D eigenvalue weighted by atomic mass is 16.5. The summed E-state index contributed by atoms with van der Waals surface area (Å²) >= 11 is 0. The highest BCUT2D eigenvalue weighted by Gasteiger charge is 2.29. The zero-order chi connectivity index (χ0) is 18.8. The van der Waals surface area contributed by atoms with Crippen LogP contribution in [0.1, 0.15) is 10.4 Å². The summed E-state index contributed by atoms with van der Waals surface area (Å²) in [6, 6.07) is 6.81. The molecule has 0 aliphatic carbocycles. The van der Waals surface area contributed by atoms with Crippen molar-refractivity contribution in [3.05, 3.63) is 42.2 Å². The van der Waals surface area contributed by atoms with Crippen LogP contribution < -0.4 is 16.0 Å². The van der Waals surface area contributed by atoms with E-state index in [1.54, 1.807) is 23.8 Å². The number of anilines is 3. The summed E-state index contributed by atoms with van der Waals surface area (Å²) in [5.41, 5.74) is 0.682. The molecule has 1 aliphatic heterocycles. The first kappa shape index (κ1) is 17.2. The van der Waals surface area contributed by atoms with Crippen molar-refractivity contribution in [1.82, 2.24) is 24.9 Å². The molecule has 1 fully saturated rings. The molecule has 0 saturated carbocycles. The number of aromatic nitrogens is 4. The topological polar surface area (TPSA) is 126 Å². The molecule has 1 amide bonds. The van der Waals surface area contributed by atoms with Crippen LogP contribution in [-0.4, -0.2) is 63.0 Å². The second kappa shape index (κ2) is 7.17. The van der Waals surface area contributed by atoms with Crippen molar-refractivity contribution in [2.75, 3.05) is 30.9 Å². The maximum atomic E-state index is 12.7. The van der Waals surface area contributed by atoms with Gasteiger partial charge < -0.3 is 25.8 Å². The number of carbonyl (C=O) groups excluding carboxylic acids is 1. The van der Waals surface area contributed by atoms with Gasteiger partial charge in [-0.25, -0.2) is 9.97 Å². The number of hydrogen-bond donors (Lipinski definition) is 4. The van der Waals surface area contributed by atoms with Gasteiger partial charge in [0.25, 0.3) is 5.91 Å². The van der Waals surface area contributed by atoms with E-state index in [9.17, 15) is 9.90 Å². The Bertz CT molecular complexity index is 960. The lowest BCUT2D eigenvalue weighted by atomic mass is 10.2. The molecule has 0 spiro atoms. The van der Waals surface area contributed by atoms with E-state index in [4.69, 9.17) is 4.74 Å². The fourth-order valence-electron chi connectivity index (χ4n) is 2.86. The van der Waals surface area contributed by atoms with Crippen molar-refractivity contribution >= 4 is 29.0 Å². The summed E-state index contributed by atoms with van der Waals surface area (Å²) < 4.78 is 6.71. The Labute approximate surface area is 154 Å². The lowest BCUT2D eigenvalue weighted by molar-refractivity contribution is 0.0888. The van der Waals surface area contributed by atoms with Crippen LogP contribution in [0.25, 0.3) is 5.65 Å². The number of hydrogen-bond acceptors (Lipinski definition) is 8. The van der Waals surface area contributed by atoms with Crippen molar-refractivity contribution < 1.29 is 14.6 Å². The summed E-state index contributed by atoms with van der Waals surface area (Å²) in [5, 5.41) is 23.0. The molecule has 4 rings (SSSR count). The van der Waals surface area contributed by atoms with Crippen molar-refractivity contribution in [3.63, 3.8) is 0 Å². The lowest BCUT2D eigenvalue weighted by Gasteiger charge is -2.14. The van der Waals surface area contributed by atoms with E-state index < -0.39 is 12.1 Å². The Balaban J connectivity index is 1.67. The Morgan fingerprint density at radius 1 is 1.33 bits per heavy atom. The highest BCUT2D eigenvalue weighted by molar-refractivity contribution is 6.00. The van der Waals surface area contributed by atoms with Gasteiger partial charge in [-0.15, -0.1) is 0 Å². The number of amides is 1. The van der Waals surface area contributed by atoms with Crippen LogP contribution in [0.2, 0.25) is 0 Å². The number of rotatable bonds is 5. The van der Waals surface area contributed by atoms with Gasteiger partial charge in [0.05, 0.1) is 31.6 Å². The minimum atomic E-state index is -0.724. The molecule has 2 unspecified atom stereocenters. The van der Waals surface area contributed by atoms with Crippen LogP contribution in [0.5, 0.6) is 0 Å². The van der Waals surface area contributed by atoms with Crippen molar-refractivity contribution in [2.45, 2.75) is 12.1 Å². The van der Waals surface area contributed by atoms with Crippen molar-refractivity contribution in [3.8, 4) is 0 Å². The molecular weight excluding hydrogens is 350 g/mol. The Morgan fingerprint density at radius 2 is 2.22 bits per heavy atom. The highest BCUT2D eigenvalue weighted by Crippen LogP contribution is 2.21. The number of nitrogens with one attached hydrogen (secondary N) is 3. The summed E-state index contributed by atoms with van der Waals surface area (Å²) in [6.45, 7) is 0.480. The smallest absolute Gasteiger partial charge is 0.257 e. The number of aliphatic hydroxyl groups excluding tert-OH is 1. The number of carbonyl (C=O) groups is 1. The molecule has 4 N–H and O–H groups in total. The van der Waals surface area contributed by atoms with Crippen molar-refractivity contribution in [1.29, 1.82) is 0 Å². The van der Waals surface area contributed by atoms with Crippen LogP contribution in [0.3, 0.4) is 0 Å². The third-order valence-corrected chi connectivity index (χ3v) is 4.26. The van der Waals surface area contributed by atoms with Crippen LogP contribution >= 0.6 is 0 Å². The van der Waals surface area contributed by atoms with Gasteiger partial charge >= 0.3 is 0 Å². The molecule has 3 aromatic heterocycles. The monoisotopic (exact) mass is 369 g/mol. The molecule has 1 aliphatic rings. The zero-order valence-electron chi connectivity index (χ0n) is 14.6. The predicted octanol–water partition coefficient (Wildman–Crippen LogP) is 0.399. The Hall–Kier alpha value is -3.24. The molecule has 2 atom stereocenters. The van der Waals surface area contributed by atoms with E-state index in [-0.39, 0.29) is 19.1 Å². The summed E-state index contributed by atoms with van der Waals surface area (Å²) in [6.07, 6.45) is 2.40.